The number of hydrazone groups is 1. The molecule has 1 N–H and O–H groups in total. The standard InChI is InChI=1S/C30H20N2O5/c33-28-26-24-18-8-2-3-9-19(18)25(21-11-5-4-10-20(21)24)27(26)29(34)32(28)31-15-16-13-14-23(37-16)17-7-1-6-12-22(17)30(35)36/h1-15,24-27H,(H,35,36)/b31-15-/t24?,25?,26-,27-/m1/s1. The van der Waals surface area contributed by atoms with Crippen LogP contribution in [0.25, 0.3) is 11.3 Å². The summed E-state index contributed by atoms with van der Waals surface area (Å²) in [5.41, 5.74) is 4.96. The van der Waals surface area contributed by atoms with Gasteiger partial charge in [0.15, 0.2) is 0 Å². The molecule has 0 spiro atoms. The molecule has 1 aliphatic heterocycles. The Kier molecular flexibility index (Phi) is 4.57. The highest BCUT2D eigenvalue weighted by molar-refractivity contribution is 6.08. The smallest absolute Gasteiger partial charge is 0.336 e. The predicted octanol–water partition coefficient (Wildman–Crippen LogP) is 4.87. The number of carboxylic acids is 1. The molecule has 0 saturated carbocycles. The van der Waals surface area contributed by atoms with Crippen molar-refractivity contribution in [3.05, 3.63) is 119 Å². The van der Waals surface area contributed by atoms with E-state index in [0.717, 1.165) is 27.3 Å². The van der Waals surface area contributed by atoms with Crippen molar-refractivity contribution in [2.24, 2.45) is 16.9 Å². The summed E-state index contributed by atoms with van der Waals surface area (Å²) in [6.07, 6.45) is 1.34. The molecule has 4 aliphatic rings. The zero-order valence-electron chi connectivity index (χ0n) is 19.4. The van der Waals surface area contributed by atoms with E-state index in [2.05, 4.69) is 29.4 Å². The minimum absolute atomic E-state index is 0.115. The number of aromatic carboxylic acids is 1. The molecule has 1 saturated heterocycles. The van der Waals surface area contributed by atoms with Gasteiger partial charge in [-0.05, 0) is 40.5 Å². The highest BCUT2D eigenvalue weighted by Crippen LogP contribution is 2.60. The van der Waals surface area contributed by atoms with Crippen LogP contribution in [0.3, 0.4) is 0 Å². The summed E-state index contributed by atoms with van der Waals surface area (Å²) in [4.78, 5) is 38.8. The Bertz CT molecular complexity index is 1540. The van der Waals surface area contributed by atoms with E-state index in [1.807, 2.05) is 24.3 Å². The van der Waals surface area contributed by atoms with Gasteiger partial charge in [-0.1, -0.05) is 66.7 Å². The first-order valence-corrected chi connectivity index (χ1v) is 12.1. The summed E-state index contributed by atoms with van der Waals surface area (Å²) in [6, 6.07) is 25.9. The summed E-state index contributed by atoms with van der Waals surface area (Å²) >= 11 is 0. The van der Waals surface area contributed by atoms with Crippen LogP contribution in [0.1, 0.15) is 50.2 Å². The first-order chi connectivity index (χ1) is 18.0. The van der Waals surface area contributed by atoms with Gasteiger partial charge in [-0.2, -0.15) is 10.1 Å². The number of hydrogen-bond acceptors (Lipinski definition) is 5. The van der Waals surface area contributed by atoms with Gasteiger partial charge in [0.05, 0.1) is 23.6 Å². The van der Waals surface area contributed by atoms with Gasteiger partial charge in [-0.25, -0.2) is 4.79 Å². The van der Waals surface area contributed by atoms with Gasteiger partial charge in [-0.3, -0.25) is 9.59 Å². The lowest BCUT2D eigenvalue weighted by molar-refractivity contribution is -0.139. The molecule has 180 valence electrons. The molecule has 7 heteroatoms. The third kappa shape index (κ3) is 3.00. The van der Waals surface area contributed by atoms with Crippen LogP contribution in [0.15, 0.2) is 94.4 Å². The van der Waals surface area contributed by atoms with Crippen LogP contribution in [0.2, 0.25) is 0 Å². The van der Waals surface area contributed by atoms with Crippen molar-refractivity contribution in [2.75, 3.05) is 0 Å². The Morgan fingerprint density at radius 2 is 1.27 bits per heavy atom. The lowest BCUT2D eigenvalue weighted by atomic mass is 9.55. The van der Waals surface area contributed by atoms with Crippen LogP contribution in [0.5, 0.6) is 0 Å². The number of benzene rings is 3. The minimum Gasteiger partial charge on any atom is -0.478 e. The molecule has 2 heterocycles. The number of nitrogens with zero attached hydrogens (tertiary/aromatic N) is 2. The quantitative estimate of drug-likeness (QED) is 0.326. The molecule has 2 atom stereocenters. The summed E-state index contributed by atoms with van der Waals surface area (Å²) in [7, 11) is 0. The predicted molar refractivity (Wildman–Crippen MR) is 134 cm³/mol. The molecule has 2 bridgehead atoms. The molecule has 0 unspecified atom stereocenters. The van der Waals surface area contributed by atoms with Gasteiger partial charge >= 0.3 is 5.97 Å². The molecule has 37 heavy (non-hydrogen) atoms. The van der Waals surface area contributed by atoms with Crippen molar-refractivity contribution >= 4 is 24.0 Å². The van der Waals surface area contributed by atoms with Crippen molar-refractivity contribution in [3.63, 3.8) is 0 Å². The fourth-order valence-corrected chi connectivity index (χ4v) is 6.34. The highest BCUT2D eigenvalue weighted by atomic mass is 16.4. The number of rotatable bonds is 4. The lowest BCUT2D eigenvalue weighted by Gasteiger charge is -2.45. The van der Waals surface area contributed by atoms with E-state index in [1.165, 1.54) is 12.3 Å². The number of carboxylic acid groups (broad SMARTS) is 1. The number of imide groups is 1. The largest absolute Gasteiger partial charge is 0.478 e. The topological polar surface area (TPSA) is 100 Å². The zero-order chi connectivity index (χ0) is 25.3. The minimum atomic E-state index is -1.06. The van der Waals surface area contributed by atoms with E-state index < -0.39 is 17.8 Å². The zero-order valence-corrected chi connectivity index (χ0v) is 19.4. The van der Waals surface area contributed by atoms with Crippen molar-refractivity contribution in [3.8, 4) is 11.3 Å². The van der Waals surface area contributed by atoms with Gasteiger partial charge in [0, 0.05) is 17.4 Å². The fraction of sp³-hybridized carbons (Fsp3) is 0.133. The van der Waals surface area contributed by atoms with Crippen molar-refractivity contribution in [1.82, 2.24) is 5.01 Å². The molecule has 1 fully saturated rings. The molecule has 2 amide bonds. The third-order valence-electron chi connectivity index (χ3n) is 7.78. The van der Waals surface area contributed by atoms with Gasteiger partial charge in [0.1, 0.15) is 11.5 Å². The summed E-state index contributed by atoms with van der Waals surface area (Å²) in [5, 5.41) is 14.7. The summed E-state index contributed by atoms with van der Waals surface area (Å²) in [5.74, 6) is -2.42. The molecule has 8 rings (SSSR count). The van der Waals surface area contributed by atoms with E-state index in [4.69, 9.17) is 4.42 Å². The fourth-order valence-electron chi connectivity index (χ4n) is 6.34. The normalized spacial score (nSPS) is 23.3. The van der Waals surface area contributed by atoms with E-state index in [0.29, 0.717) is 17.1 Å². The third-order valence-corrected chi connectivity index (χ3v) is 7.78. The second-order valence-corrected chi connectivity index (χ2v) is 9.55. The molecule has 0 radical (unpaired) electrons. The Morgan fingerprint density at radius 3 is 1.81 bits per heavy atom. The average molecular weight is 488 g/mol. The van der Waals surface area contributed by atoms with Crippen molar-refractivity contribution in [1.29, 1.82) is 0 Å². The van der Waals surface area contributed by atoms with E-state index in [1.54, 1.807) is 30.3 Å². The van der Waals surface area contributed by atoms with Crippen LogP contribution in [-0.2, 0) is 9.59 Å². The maximum Gasteiger partial charge on any atom is 0.336 e. The second kappa shape index (κ2) is 7.86. The van der Waals surface area contributed by atoms with Crippen LogP contribution < -0.4 is 0 Å². The first-order valence-electron chi connectivity index (χ1n) is 12.1. The van der Waals surface area contributed by atoms with Crippen LogP contribution >= 0.6 is 0 Å². The first kappa shape index (κ1) is 21.5. The van der Waals surface area contributed by atoms with Gasteiger partial charge in [0.2, 0.25) is 0 Å². The molecule has 3 aliphatic carbocycles. The Hall–Kier alpha value is -4.78. The Balaban J connectivity index is 1.23. The lowest BCUT2D eigenvalue weighted by Crippen LogP contribution is -2.41. The Morgan fingerprint density at radius 1 is 0.757 bits per heavy atom. The number of hydrogen-bond donors (Lipinski definition) is 1. The number of carbonyl (C=O) groups excluding carboxylic acids is 2. The molecular weight excluding hydrogens is 468 g/mol. The van der Waals surface area contributed by atoms with E-state index in [-0.39, 0.29) is 29.2 Å². The Labute approximate surface area is 211 Å². The van der Waals surface area contributed by atoms with E-state index in [9.17, 15) is 19.5 Å². The van der Waals surface area contributed by atoms with Crippen LogP contribution in [0.4, 0.5) is 0 Å². The average Bonchev–Trinajstić information content (AvgIpc) is 3.50. The summed E-state index contributed by atoms with van der Waals surface area (Å²) < 4.78 is 5.80. The van der Waals surface area contributed by atoms with Gasteiger partial charge < -0.3 is 9.52 Å². The molecule has 1 aromatic heterocycles. The molecule has 7 nitrogen and oxygen atoms in total. The number of amides is 2. The number of furan rings is 1. The maximum absolute atomic E-state index is 13.6. The SMILES string of the molecule is O=C(O)c1ccccc1-c1ccc(/C=N\N2C(=O)[C@@H]3C4c5ccccc5C(c5ccccc54)[C@H]3C2=O)o1. The summed E-state index contributed by atoms with van der Waals surface area (Å²) in [6.45, 7) is 0. The highest BCUT2D eigenvalue weighted by Gasteiger charge is 2.61. The molecular formula is C30H20N2O5. The molecule has 3 aromatic carbocycles. The number of carbonyl (C=O) groups is 3. The van der Waals surface area contributed by atoms with Crippen LogP contribution in [0, 0.1) is 11.8 Å². The van der Waals surface area contributed by atoms with Crippen molar-refractivity contribution < 1.29 is 23.9 Å². The van der Waals surface area contributed by atoms with Gasteiger partial charge in [0.25, 0.3) is 11.8 Å². The van der Waals surface area contributed by atoms with Crippen LogP contribution in [-0.4, -0.2) is 34.1 Å². The molecule has 4 aromatic rings. The van der Waals surface area contributed by atoms with Gasteiger partial charge in [-0.15, -0.1) is 0 Å². The van der Waals surface area contributed by atoms with E-state index >= 15 is 0 Å². The maximum atomic E-state index is 13.6. The monoisotopic (exact) mass is 488 g/mol. The second-order valence-electron chi connectivity index (χ2n) is 9.55. The van der Waals surface area contributed by atoms with Crippen molar-refractivity contribution in [2.45, 2.75) is 11.8 Å².